The zero-order valence-electron chi connectivity index (χ0n) is 12.2. The minimum atomic E-state index is 0.585. The SMILES string of the molecule is COc1cccc2oc(CC(C)C3CCCNC3)nc12. The minimum Gasteiger partial charge on any atom is -0.494 e. The largest absolute Gasteiger partial charge is 0.494 e. The van der Waals surface area contributed by atoms with Crippen molar-refractivity contribution in [2.24, 2.45) is 11.8 Å². The molecule has 2 aromatic rings. The molecular formula is C16H22N2O2. The standard InChI is InChI=1S/C16H22N2O2/c1-11(12-5-4-8-17-10-12)9-15-18-16-13(19-2)6-3-7-14(16)20-15/h3,6-7,11-12,17H,4-5,8-10H2,1-2H3. The fourth-order valence-electron chi connectivity index (χ4n) is 3.03. The van der Waals surface area contributed by atoms with Crippen LogP contribution in [0.3, 0.4) is 0 Å². The number of para-hydroxylation sites is 1. The lowest BCUT2D eigenvalue weighted by atomic mass is 9.85. The Morgan fingerprint density at radius 3 is 3.15 bits per heavy atom. The fraction of sp³-hybridized carbons (Fsp3) is 0.562. The maximum Gasteiger partial charge on any atom is 0.195 e. The molecule has 0 aliphatic carbocycles. The van der Waals surface area contributed by atoms with Crippen LogP contribution in [0.15, 0.2) is 22.6 Å². The molecule has 1 saturated heterocycles. The van der Waals surface area contributed by atoms with E-state index < -0.39 is 0 Å². The lowest BCUT2D eigenvalue weighted by Crippen LogP contribution is -2.33. The van der Waals surface area contributed by atoms with Crippen LogP contribution >= 0.6 is 0 Å². The third-order valence-electron chi connectivity index (χ3n) is 4.28. The van der Waals surface area contributed by atoms with Crippen LogP contribution in [-0.4, -0.2) is 25.2 Å². The summed E-state index contributed by atoms with van der Waals surface area (Å²) in [5, 5.41) is 3.48. The number of piperidine rings is 1. The van der Waals surface area contributed by atoms with Gasteiger partial charge < -0.3 is 14.5 Å². The van der Waals surface area contributed by atoms with E-state index in [0.717, 1.165) is 48.2 Å². The number of nitrogens with zero attached hydrogens (tertiary/aromatic N) is 1. The lowest BCUT2D eigenvalue weighted by Gasteiger charge is -2.27. The number of oxazole rings is 1. The monoisotopic (exact) mass is 274 g/mol. The first-order chi connectivity index (χ1) is 9.78. The number of aromatic nitrogens is 1. The third kappa shape index (κ3) is 2.66. The lowest BCUT2D eigenvalue weighted by molar-refractivity contribution is 0.267. The summed E-state index contributed by atoms with van der Waals surface area (Å²) in [6.45, 7) is 4.57. The van der Waals surface area contributed by atoms with Gasteiger partial charge in [0.2, 0.25) is 0 Å². The second kappa shape index (κ2) is 5.83. The topological polar surface area (TPSA) is 47.3 Å². The van der Waals surface area contributed by atoms with Crippen LogP contribution in [0.4, 0.5) is 0 Å². The predicted octanol–water partition coefficient (Wildman–Crippen LogP) is 3.01. The Bertz CT molecular complexity index is 573. The molecule has 1 fully saturated rings. The van der Waals surface area contributed by atoms with Crippen LogP contribution in [0.2, 0.25) is 0 Å². The van der Waals surface area contributed by atoms with Crippen LogP contribution in [0, 0.1) is 11.8 Å². The summed E-state index contributed by atoms with van der Waals surface area (Å²) in [5.41, 5.74) is 1.65. The number of ether oxygens (including phenoxy) is 1. The summed E-state index contributed by atoms with van der Waals surface area (Å²) in [6, 6.07) is 5.80. The highest BCUT2D eigenvalue weighted by Gasteiger charge is 2.22. The summed E-state index contributed by atoms with van der Waals surface area (Å²) >= 11 is 0. The molecular weight excluding hydrogens is 252 g/mol. The number of hydrogen-bond donors (Lipinski definition) is 1. The van der Waals surface area contributed by atoms with Crippen molar-refractivity contribution in [2.75, 3.05) is 20.2 Å². The van der Waals surface area contributed by atoms with Gasteiger partial charge in [-0.15, -0.1) is 0 Å². The van der Waals surface area contributed by atoms with Gasteiger partial charge in [-0.25, -0.2) is 4.98 Å². The van der Waals surface area contributed by atoms with E-state index in [1.807, 2.05) is 18.2 Å². The van der Waals surface area contributed by atoms with Crippen molar-refractivity contribution in [3.63, 3.8) is 0 Å². The van der Waals surface area contributed by atoms with Crippen molar-refractivity contribution in [1.29, 1.82) is 0 Å². The van der Waals surface area contributed by atoms with Crippen LogP contribution in [0.1, 0.15) is 25.7 Å². The van der Waals surface area contributed by atoms with Crippen LogP contribution in [0.5, 0.6) is 5.75 Å². The van der Waals surface area contributed by atoms with Crippen molar-refractivity contribution in [1.82, 2.24) is 10.3 Å². The van der Waals surface area contributed by atoms with E-state index in [1.165, 1.54) is 12.8 Å². The van der Waals surface area contributed by atoms with Gasteiger partial charge in [0.15, 0.2) is 17.0 Å². The Hall–Kier alpha value is -1.55. The van der Waals surface area contributed by atoms with Crippen molar-refractivity contribution < 1.29 is 9.15 Å². The Kier molecular flexibility index (Phi) is 3.92. The minimum absolute atomic E-state index is 0.585. The zero-order chi connectivity index (χ0) is 13.9. The van der Waals surface area contributed by atoms with Gasteiger partial charge in [-0.05, 0) is 49.9 Å². The first kappa shape index (κ1) is 13.4. The van der Waals surface area contributed by atoms with Gasteiger partial charge in [-0.2, -0.15) is 0 Å². The van der Waals surface area contributed by atoms with Crippen LogP contribution in [-0.2, 0) is 6.42 Å². The van der Waals surface area contributed by atoms with Gasteiger partial charge in [0.05, 0.1) is 7.11 Å². The van der Waals surface area contributed by atoms with Crippen LogP contribution in [0.25, 0.3) is 11.1 Å². The van der Waals surface area contributed by atoms with E-state index in [0.29, 0.717) is 5.92 Å². The Morgan fingerprint density at radius 2 is 2.40 bits per heavy atom. The Morgan fingerprint density at radius 1 is 1.50 bits per heavy atom. The van der Waals surface area contributed by atoms with Crippen molar-refractivity contribution in [3.8, 4) is 5.75 Å². The molecule has 0 radical (unpaired) electrons. The maximum absolute atomic E-state index is 5.86. The number of hydrogen-bond acceptors (Lipinski definition) is 4. The molecule has 0 bridgehead atoms. The predicted molar refractivity (Wildman–Crippen MR) is 79.0 cm³/mol. The molecule has 2 unspecified atom stereocenters. The summed E-state index contributed by atoms with van der Waals surface area (Å²) in [5.74, 6) is 2.91. The molecule has 1 aliphatic rings. The molecule has 3 rings (SSSR count). The van der Waals surface area contributed by atoms with Crippen molar-refractivity contribution in [2.45, 2.75) is 26.2 Å². The number of benzene rings is 1. The summed E-state index contributed by atoms with van der Waals surface area (Å²) in [7, 11) is 1.67. The van der Waals surface area contributed by atoms with Gasteiger partial charge in [0.25, 0.3) is 0 Å². The van der Waals surface area contributed by atoms with Gasteiger partial charge in [-0.3, -0.25) is 0 Å². The first-order valence-electron chi connectivity index (χ1n) is 7.41. The smallest absolute Gasteiger partial charge is 0.195 e. The number of methoxy groups -OCH3 is 1. The van der Waals surface area contributed by atoms with Gasteiger partial charge in [0, 0.05) is 6.42 Å². The Labute approximate surface area is 119 Å². The van der Waals surface area contributed by atoms with Crippen LogP contribution < -0.4 is 10.1 Å². The van der Waals surface area contributed by atoms with Gasteiger partial charge >= 0.3 is 0 Å². The van der Waals surface area contributed by atoms with E-state index in [2.05, 4.69) is 17.2 Å². The molecule has 1 aromatic carbocycles. The number of nitrogens with one attached hydrogen (secondary N) is 1. The highest BCUT2D eigenvalue weighted by Crippen LogP contribution is 2.28. The molecule has 1 aromatic heterocycles. The molecule has 2 heterocycles. The van der Waals surface area contributed by atoms with E-state index in [-0.39, 0.29) is 0 Å². The summed E-state index contributed by atoms with van der Waals surface area (Å²) < 4.78 is 11.2. The molecule has 1 N–H and O–H groups in total. The highest BCUT2D eigenvalue weighted by molar-refractivity contribution is 5.79. The molecule has 4 nitrogen and oxygen atoms in total. The van der Waals surface area contributed by atoms with Gasteiger partial charge in [0.1, 0.15) is 5.75 Å². The van der Waals surface area contributed by atoms with E-state index in [4.69, 9.17) is 9.15 Å². The van der Waals surface area contributed by atoms with E-state index in [9.17, 15) is 0 Å². The summed E-state index contributed by atoms with van der Waals surface area (Å²) in [4.78, 5) is 4.61. The molecule has 2 atom stereocenters. The Balaban J connectivity index is 1.77. The van der Waals surface area contributed by atoms with Gasteiger partial charge in [-0.1, -0.05) is 13.0 Å². The van der Waals surface area contributed by atoms with Crippen molar-refractivity contribution >= 4 is 11.1 Å². The average Bonchev–Trinajstić information content (AvgIpc) is 2.90. The summed E-state index contributed by atoms with van der Waals surface area (Å²) in [6.07, 6.45) is 3.47. The zero-order valence-corrected chi connectivity index (χ0v) is 12.2. The molecule has 1 aliphatic heterocycles. The number of rotatable bonds is 4. The second-order valence-corrected chi connectivity index (χ2v) is 5.70. The quantitative estimate of drug-likeness (QED) is 0.931. The molecule has 108 valence electrons. The molecule has 0 amide bonds. The van der Waals surface area contributed by atoms with E-state index >= 15 is 0 Å². The highest BCUT2D eigenvalue weighted by atomic mass is 16.5. The molecule has 20 heavy (non-hydrogen) atoms. The molecule has 0 saturated carbocycles. The van der Waals surface area contributed by atoms with E-state index in [1.54, 1.807) is 7.11 Å². The fourth-order valence-corrected chi connectivity index (χ4v) is 3.03. The first-order valence-corrected chi connectivity index (χ1v) is 7.41. The maximum atomic E-state index is 5.86. The molecule has 4 heteroatoms. The molecule has 0 spiro atoms. The normalized spacial score (nSPS) is 21.0. The third-order valence-corrected chi connectivity index (χ3v) is 4.28. The average molecular weight is 274 g/mol. The van der Waals surface area contributed by atoms with Crippen molar-refractivity contribution in [3.05, 3.63) is 24.1 Å². The number of fused-ring (bicyclic) bond motifs is 1. The second-order valence-electron chi connectivity index (χ2n) is 5.70.